The lowest BCUT2D eigenvalue weighted by molar-refractivity contribution is -0.143. The van der Waals surface area contributed by atoms with Crippen molar-refractivity contribution in [2.75, 3.05) is 13.2 Å². The van der Waals surface area contributed by atoms with E-state index in [0.717, 1.165) is 70.6 Å². The average molecular weight is 886 g/mol. The van der Waals surface area contributed by atoms with Gasteiger partial charge in [-0.25, -0.2) is 0 Å². The van der Waals surface area contributed by atoms with Crippen LogP contribution >= 0.6 is 0 Å². The van der Waals surface area contributed by atoms with E-state index in [1.165, 1.54) is 193 Å². The Bertz CT molecular complexity index is 1020. The molecule has 0 saturated heterocycles. The topological polar surface area (TPSA) is 95.9 Å². The molecule has 3 N–H and O–H groups in total. The summed E-state index contributed by atoms with van der Waals surface area (Å²) >= 11 is 0. The van der Waals surface area contributed by atoms with Gasteiger partial charge in [-0.2, -0.15) is 0 Å². The van der Waals surface area contributed by atoms with E-state index in [0.29, 0.717) is 19.4 Å². The van der Waals surface area contributed by atoms with Crippen LogP contribution in [-0.2, 0) is 14.3 Å². The van der Waals surface area contributed by atoms with Crippen LogP contribution in [0.4, 0.5) is 0 Å². The molecule has 0 rings (SSSR count). The molecule has 6 nitrogen and oxygen atoms in total. The summed E-state index contributed by atoms with van der Waals surface area (Å²) < 4.78 is 5.46. The highest BCUT2D eigenvalue weighted by molar-refractivity contribution is 5.76. The van der Waals surface area contributed by atoms with Crippen molar-refractivity contribution in [2.45, 2.75) is 302 Å². The van der Waals surface area contributed by atoms with E-state index in [1.54, 1.807) is 6.08 Å². The average Bonchev–Trinajstić information content (AvgIpc) is 3.28. The third-order valence-electron chi connectivity index (χ3n) is 12.6. The summed E-state index contributed by atoms with van der Waals surface area (Å²) in [5.41, 5.74) is 0. The molecule has 0 spiro atoms. The highest BCUT2D eigenvalue weighted by Gasteiger charge is 2.18. The van der Waals surface area contributed by atoms with Crippen molar-refractivity contribution in [1.29, 1.82) is 0 Å². The van der Waals surface area contributed by atoms with Crippen molar-refractivity contribution in [1.82, 2.24) is 5.32 Å². The third kappa shape index (κ3) is 49.4. The highest BCUT2D eigenvalue weighted by Crippen LogP contribution is 2.16. The largest absolute Gasteiger partial charge is 0.466 e. The highest BCUT2D eigenvalue weighted by atomic mass is 16.5. The van der Waals surface area contributed by atoms with E-state index in [-0.39, 0.29) is 18.5 Å². The Morgan fingerprint density at radius 1 is 0.429 bits per heavy atom. The minimum Gasteiger partial charge on any atom is -0.466 e. The number of amides is 1. The summed E-state index contributed by atoms with van der Waals surface area (Å²) in [7, 11) is 0. The van der Waals surface area contributed by atoms with Crippen molar-refractivity contribution < 1.29 is 24.5 Å². The second-order valence-corrected chi connectivity index (χ2v) is 18.9. The predicted octanol–water partition coefficient (Wildman–Crippen LogP) is 16.9. The van der Waals surface area contributed by atoms with Crippen molar-refractivity contribution in [3.8, 4) is 0 Å². The van der Waals surface area contributed by atoms with Gasteiger partial charge in [0.05, 0.1) is 25.4 Å². The molecular weight excluding hydrogens is 779 g/mol. The van der Waals surface area contributed by atoms with E-state index in [9.17, 15) is 19.8 Å². The van der Waals surface area contributed by atoms with E-state index in [2.05, 4.69) is 43.5 Å². The van der Waals surface area contributed by atoms with Gasteiger partial charge in [0.1, 0.15) is 0 Å². The van der Waals surface area contributed by atoms with Gasteiger partial charge in [-0.1, -0.05) is 230 Å². The lowest BCUT2D eigenvalue weighted by atomic mass is 10.0. The second kappa shape index (κ2) is 52.7. The molecule has 63 heavy (non-hydrogen) atoms. The monoisotopic (exact) mass is 886 g/mol. The minimum atomic E-state index is -0.862. The van der Waals surface area contributed by atoms with E-state index < -0.39 is 12.1 Å². The van der Waals surface area contributed by atoms with Gasteiger partial charge in [0, 0.05) is 12.8 Å². The summed E-state index contributed by atoms with van der Waals surface area (Å²) in [4.78, 5) is 24.5. The van der Waals surface area contributed by atoms with Gasteiger partial charge in [-0.05, 0) is 83.5 Å². The molecule has 0 aliphatic heterocycles. The van der Waals surface area contributed by atoms with E-state index >= 15 is 0 Å². The molecule has 0 aromatic rings. The number of nitrogens with one attached hydrogen (secondary N) is 1. The van der Waals surface area contributed by atoms with Crippen LogP contribution in [-0.4, -0.2) is 47.4 Å². The molecule has 0 aromatic carbocycles. The van der Waals surface area contributed by atoms with Crippen LogP contribution < -0.4 is 5.32 Å². The SMILES string of the molecule is CCCCCCCCC/C=C\CCCCCCCC(=O)OCCCCCCCC/C=C\CCCCCC(=O)NC(CO)C(O)/C=C/CCCCCCCCCCCCCCCCC. The number of aliphatic hydroxyl groups is 2. The van der Waals surface area contributed by atoms with Gasteiger partial charge in [0.25, 0.3) is 0 Å². The number of unbranched alkanes of at least 4 members (excludes halogenated alkanes) is 36. The van der Waals surface area contributed by atoms with Crippen LogP contribution in [0.5, 0.6) is 0 Å². The van der Waals surface area contributed by atoms with Crippen LogP contribution in [0.1, 0.15) is 290 Å². The first-order chi connectivity index (χ1) is 31.0. The zero-order valence-electron chi connectivity index (χ0n) is 42.1. The molecule has 0 bridgehead atoms. The Kier molecular flexibility index (Phi) is 51.1. The molecule has 0 aliphatic carbocycles. The fourth-order valence-electron chi connectivity index (χ4n) is 8.33. The summed E-state index contributed by atoms with van der Waals surface area (Å²) in [6.45, 7) is 4.86. The fraction of sp³-hybridized carbons (Fsp3) is 0.860. The van der Waals surface area contributed by atoms with Crippen molar-refractivity contribution in [2.24, 2.45) is 0 Å². The third-order valence-corrected chi connectivity index (χ3v) is 12.6. The summed E-state index contributed by atoms with van der Waals surface area (Å²) in [6.07, 6.45) is 64.4. The zero-order chi connectivity index (χ0) is 45.8. The molecule has 1 amide bonds. The molecule has 6 heteroatoms. The minimum absolute atomic E-state index is 0.0216. The standard InChI is InChI=1S/C57H107NO5/c1-3-5-7-9-11-13-15-17-19-21-22-25-29-33-37-41-45-49-55(60)54(53-59)58-56(61)50-46-42-38-34-30-26-24-28-32-36-40-44-48-52-63-57(62)51-47-43-39-35-31-27-23-20-18-16-14-12-10-8-6-4-2/h20,23,26,30,45,49,54-55,59-60H,3-19,21-22,24-25,27-29,31-44,46-48,50-53H2,1-2H3,(H,58,61)/b23-20-,30-26-,49-45+. The maximum atomic E-state index is 12.4. The number of ether oxygens (including phenoxy) is 1. The van der Waals surface area contributed by atoms with E-state index in [1.807, 2.05) is 6.08 Å². The number of carbonyl (C=O) groups is 2. The van der Waals surface area contributed by atoms with Crippen molar-refractivity contribution >= 4 is 11.9 Å². The van der Waals surface area contributed by atoms with Crippen molar-refractivity contribution in [3.63, 3.8) is 0 Å². The number of rotatable bonds is 51. The van der Waals surface area contributed by atoms with Crippen molar-refractivity contribution in [3.05, 3.63) is 36.5 Å². The molecule has 2 unspecified atom stereocenters. The molecular formula is C57H107NO5. The lowest BCUT2D eigenvalue weighted by Crippen LogP contribution is -2.45. The quantitative estimate of drug-likeness (QED) is 0.0321. The summed E-state index contributed by atoms with van der Waals surface area (Å²) in [6, 6.07) is -0.649. The van der Waals surface area contributed by atoms with Crippen LogP contribution in [0, 0.1) is 0 Å². The normalized spacial score (nSPS) is 12.9. The number of hydrogen-bond acceptors (Lipinski definition) is 5. The number of allylic oxidation sites excluding steroid dienone is 5. The van der Waals surface area contributed by atoms with Crippen LogP contribution in [0.2, 0.25) is 0 Å². The lowest BCUT2D eigenvalue weighted by Gasteiger charge is -2.19. The van der Waals surface area contributed by atoms with Gasteiger partial charge in [-0.3, -0.25) is 9.59 Å². The van der Waals surface area contributed by atoms with Crippen LogP contribution in [0.15, 0.2) is 36.5 Å². The number of hydrogen-bond donors (Lipinski definition) is 3. The van der Waals surface area contributed by atoms with Gasteiger partial charge >= 0.3 is 5.97 Å². The molecule has 0 aromatic heterocycles. The number of carbonyl (C=O) groups excluding carboxylic acids is 2. The molecule has 0 heterocycles. The fourth-order valence-corrected chi connectivity index (χ4v) is 8.33. The molecule has 0 aliphatic rings. The first-order valence-corrected chi connectivity index (χ1v) is 27.8. The summed E-state index contributed by atoms with van der Waals surface area (Å²) in [5, 5.41) is 23.1. The van der Waals surface area contributed by atoms with Gasteiger partial charge in [-0.15, -0.1) is 0 Å². The molecule has 0 radical (unpaired) electrons. The van der Waals surface area contributed by atoms with Gasteiger partial charge in [0.2, 0.25) is 5.91 Å². The Morgan fingerprint density at radius 2 is 0.746 bits per heavy atom. The zero-order valence-corrected chi connectivity index (χ0v) is 42.1. The molecule has 370 valence electrons. The molecule has 0 saturated carbocycles. The molecule has 0 fully saturated rings. The Balaban J connectivity index is 3.53. The number of esters is 1. The van der Waals surface area contributed by atoms with Crippen LogP contribution in [0.25, 0.3) is 0 Å². The van der Waals surface area contributed by atoms with Crippen LogP contribution in [0.3, 0.4) is 0 Å². The first-order valence-electron chi connectivity index (χ1n) is 27.8. The molecule has 2 atom stereocenters. The van der Waals surface area contributed by atoms with Gasteiger partial charge < -0.3 is 20.3 Å². The van der Waals surface area contributed by atoms with Gasteiger partial charge in [0.15, 0.2) is 0 Å². The number of aliphatic hydroxyl groups excluding tert-OH is 2. The predicted molar refractivity (Wildman–Crippen MR) is 273 cm³/mol. The maximum absolute atomic E-state index is 12.4. The summed E-state index contributed by atoms with van der Waals surface area (Å²) in [5.74, 6) is -0.119. The Morgan fingerprint density at radius 3 is 1.14 bits per heavy atom. The van der Waals surface area contributed by atoms with E-state index in [4.69, 9.17) is 4.74 Å². The Hall–Kier alpha value is -1.92. The second-order valence-electron chi connectivity index (χ2n) is 18.9. The smallest absolute Gasteiger partial charge is 0.305 e. The maximum Gasteiger partial charge on any atom is 0.305 e. The Labute approximate surface area is 392 Å². The first kappa shape index (κ1) is 61.1.